The second-order valence-electron chi connectivity index (χ2n) is 6.60. The summed E-state index contributed by atoms with van der Waals surface area (Å²) < 4.78 is 6.35. The van der Waals surface area contributed by atoms with Gasteiger partial charge in [-0.3, -0.25) is 4.90 Å². The SMILES string of the molecule is CC(C)(C)OC(=O)NC1CCN(Cc2cc(Cl)ccc2Br)C1. The molecule has 0 aromatic heterocycles. The van der Waals surface area contributed by atoms with Crippen molar-refractivity contribution in [2.75, 3.05) is 13.1 Å². The Morgan fingerprint density at radius 1 is 1.50 bits per heavy atom. The maximum absolute atomic E-state index is 11.8. The molecule has 122 valence electrons. The molecule has 1 amide bonds. The fourth-order valence-corrected chi connectivity index (χ4v) is 3.04. The summed E-state index contributed by atoms with van der Waals surface area (Å²) in [4.78, 5) is 14.1. The molecule has 0 aliphatic carbocycles. The zero-order valence-corrected chi connectivity index (χ0v) is 15.5. The molecule has 0 saturated carbocycles. The topological polar surface area (TPSA) is 41.6 Å². The van der Waals surface area contributed by atoms with E-state index < -0.39 is 5.60 Å². The highest BCUT2D eigenvalue weighted by Crippen LogP contribution is 2.24. The molecule has 1 aliphatic rings. The highest BCUT2D eigenvalue weighted by Gasteiger charge is 2.26. The normalized spacial score (nSPS) is 19.2. The fraction of sp³-hybridized carbons (Fsp3) is 0.562. The number of rotatable bonds is 3. The van der Waals surface area contributed by atoms with Gasteiger partial charge in [0.2, 0.25) is 0 Å². The number of nitrogens with zero attached hydrogens (tertiary/aromatic N) is 1. The number of alkyl carbamates (subject to hydrolysis) is 1. The van der Waals surface area contributed by atoms with E-state index in [2.05, 4.69) is 26.1 Å². The van der Waals surface area contributed by atoms with Crippen LogP contribution >= 0.6 is 27.5 Å². The van der Waals surface area contributed by atoms with E-state index in [4.69, 9.17) is 16.3 Å². The lowest BCUT2D eigenvalue weighted by atomic mass is 10.2. The molecular formula is C16H22BrClN2O2. The number of carbonyl (C=O) groups excluding carboxylic acids is 1. The number of halogens is 2. The Kier molecular flexibility index (Phi) is 5.75. The summed E-state index contributed by atoms with van der Waals surface area (Å²) in [7, 11) is 0. The molecular weight excluding hydrogens is 368 g/mol. The van der Waals surface area contributed by atoms with Gasteiger partial charge in [0.05, 0.1) is 0 Å². The molecule has 6 heteroatoms. The Labute approximate surface area is 145 Å². The zero-order valence-electron chi connectivity index (χ0n) is 13.2. The summed E-state index contributed by atoms with van der Waals surface area (Å²) in [6.45, 7) is 8.17. The summed E-state index contributed by atoms with van der Waals surface area (Å²) in [5.74, 6) is 0. The van der Waals surface area contributed by atoms with Crippen molar-refractivity contribution in [3.8, 4) is 0 Å². The van der Waals surface area contributed by atoms with Crippen LogP contribution in [0.3, 0.4) is 0 Å². The van der Waals surface area contributed by atoms with E-state index in [0.717, 1.165) is 41.1 Å². The first-order chi connectivity index (χ1) is 10.2. The third-order valence-electron chi connectivity index (χ3n) is 3.39. The average molecular weight is 390 g/mol. The molecule has 1 saturated heterocycles. The Morgan fingerprint density at radius 2 is 2.23 bits per heavy atom. The van der Waals surface area contributed by atoms with Crippen LogP contribution < -0.4 is 5.32 Å². The number of likely N-dealkylation sites (tertiary alicyclic amines) is 1. The van der Waals surface area contributed by atoms with E-state index >= 15 is 0 Å². The minimum atomic E-state index is -0.464. The van der Waals surface area contributed by atoms with E-state index in [9.17, 15) is 4.79 Å². The quantitative estimate of drug-likeness (QED) is 0.842. The standard InChI is InChI=1S/C16H22BrClN2O2/c1-16(2,3)22-15(21)19-13-6-7-20(10-13)9-11-8-12(18)4-5-14(11)17/h4-5,8,13H,6-7,9-10H2,1-3H3,(H,19,21). The Morgan fingerprint density at radius 3 is 2.91 bits per heavy atom. The van der Waals surface area contributed by atoms with Crippen LogP contribution in [0.25, 0.3) is 0 Å². The van der Waals surface area contributed by atoms with Crippen molar-refractivity contribution in [2.24, 2.45) is 0 Å². The van der Waals surface area contributed by atoms with Crippen molar-refractivity contribution in [3.05, 3.63) is 33.3 Å². The van der Waals surface area contributed by atoms with Crippen LogP contribution in [0.5, 0.6) is 0 Å². The van der Waals surface area contributed by atoms with Gasteiger partial charge in [0.25, 0.3) is 0 Å². The highest BCUT2D eigenvalue weighted by molar-refractivity contribution is 9.10. The summed E-state index contributed by atoms with van der Waals surface area (Å²) in [5, 5.41) is 3.67. The molecule has 22 heavy (non-hydrogen) atoms. The largest absolute Gasteiger partial charge is 0.444 e. The number of nitrogens with one attached hydrogen (secondary N) is 1. The third-order valence-corrected chi connectivity index (χ3v) is 4.40. The molecule has 1 heterocycles. The van der Waals surface area contributed by atoms with E-state index in [1.807, 2.05) is 39.0 Å². The van der Waals surface area contributed by atoms with Crippen molar-refractivity contribution in [1.82, 2.24) is 10.2 Å². The maximum Gasteiger partial charge on any atom is 0.407 e. The second-order valence-corrected chi connectivity index (χ2v) is 7.89. The van der Waals surface area contributed by atoms with Gasteiger partial charge in [-0.25, -0.2) is 4.79 Å². The number of amides is 1. The van der Waals surface area contributed by atoms with Gasteiger partial charge in [0, 0.05) is 35.2 Å². The van der Waals surface area contributed by atoms with E-state index in [1.165, 1.54) is 0 Å². The van der Waals surface area contributed by atoms with Gasteiger partial charge in [-0.05, 0) is 51.0 Å². The molecule has 1 aliphatic heterocycles. The minimum absolute atomic E-state index is 0.132. The maximum atomic E-state index is 11.8. The van der Waals surface area contributed by atoms with Gasteiger partial charge >= 0.3 is 6.09 Å². The fourth-order valence-electron chi connectivity index (χ4n) is 2.47. The molecule has 1 unspecified atom stereocenters. The summed E-state index contributed by atoms with van der Waals surface area (Å²) in [6.07, 6.45) is 0.584. The Balaban J connectivity index is 1.85. The predicted octanol–water partition coefficient (Wildman–Crippen LogP) is 4.20. The minimum Gasteiger partial charge on any atom is -0.444 e. The lowest BCUT2D eigenvalue weighted by Gasteiger charge is -2.22. The summed E-state index contributed by atoms with van der Waals surface area (Å²) >= 11 is 9.60. The van der Waals surface area contributed by atoms with Gasteiger partial charge in [0.15, 0.2) is 0 Å². The van der Waals surface area contributed by atoms with Gasteiger partial charge < -0.3 is 10.1 Å². The number of hydrogen-bond donors (Lipinski definition) is 1. The van der Waals surface area contributed by atoms with E-state index in [-0.39, 0.29) is 12.1 Å². The van der Waals surface area contributed by atoms with Gasteiger partial charge in [-0.1, -0.05) is 27.5 Å². The van der Waals surface area contributed by atoms with Crippen molar-refractivity contribution in [3.63, 3.8) is 0 Å². The molecule has 1 N–H and O–H groups in total. The van der Waals surface area contributed by atoms with Crippen LogP contribution in [-0.4, -0.2) is 35.7 Å². The zero-order chi connectivity index (χ0) is 16.3. The monoisotopic (exact) mass is 388 g/mol. The third kappa shape index (κ3) is 5.45. The predicted molar refractivity (Wildman–Crippen MR) is 92.2 cm³/mol. The summed E-state index contributed by atoms with van der Waals surface area (Å²) in [6, 6.07) is 5.93. The Bertz CT molecular complexity index is 545. The van der Waals surface area contributed by atoms with Crippen molar-refractivity contribution in [2.45, 2.75) is 45.4 Å². The van der Waals surface area contributed by atoms with Crippen molar-refractivity contribution < 1.29 is 9.53 Å². The van der Waals surface area contributed by atoms with Gasteiger partial charge in [0.1, 0.15) is 5.60 Å². The van der Waals surface area contributed by atoms with Gasteiger partial charge in [-0.2, -0.15) is 0 Å². The molecule has 4 nitrogen and oxygen atoms in total. The molecule has 2 rings (SSSR count). The lowest BCUT2D eigenvalue weighted by Crippen LogP contribution is -2.40. The summed E-state index contributed by atoms with van der Waals surface area (Å²) in [5.41, 5.74) is 0.694. The van der Waals surface area contributed by atoms with Crippen LogP contribution in [0.2, 0.25) is 5.02 Å². The van der Waals surface area contributed by atoms with Crippen LogP contribution in [-0.2, 0) is 11.3 Å². The lowest BCUT2D eigenvalue weighted by molar-refractivity contribution is 0.0506. The number of carbonyl (C=O) groups is 1. The van der Waals surface area contributed by atoms with Crippen molar-refractivity contribution >= 4 is 33.6 Å². The van der Waals surface area contributed by atoms with E-state index in [1.54, 1.807) is 0 Å². The first kappa shape index (κ1) is 17.6. The molecule has 1 fully saturated rings. The van der Waals surface area contributed by atoms with Crippen LogP contribution in [0, 0.1) is 0 Å². The average Bonchev–Trinajstić information content (AvgIpc) is 2.78. The smallest absolute Gasteiger partial charge is 0.407 e. The van der Waals surface area contributed by atoms with Crippen molar-refractivity contribution in [1.29, 1.82) is 0 Å². The first-order valence-electron chi connectivity index (χ1n) is 7.39. The van der Waals surface area contributed by atoms with E-state index in [0.29, 0.717) is 0 Å². The van der Waals surface area contributed by atoms with Crippen LogP contribution in [0.15, 0.2) is 22.7 Å². The first-order valence-corrected chi connectivity index (χ1v) is 8.56. The molecule has 1 aromatic rings. The molecule has 0 spiro atoms. The highest BCUT2D eigenvalue weighted by atomic mass is 79.9. The Hall–Kier alpha value is -0.780. The van der Waals surface area contributed by atoms with Gasteiger partial charge in [-0.15, -0.1) is 0 Å². The molecule has 1 atom stereocenters. The molecule has 0 radical (unpaired) electrons. The molecule has 1 aromatic carbocycles. The van der Waals surface area contributed by atoms with Crippen LogP contribution in [0.1, 0.15) is 32.8 Å². The number of ether oxygens (including phenoxy) is 1. The number of benzene rings is 1. The van der Waals surface area contributed by atoms with Crippen LogP contribution in [0.4, 0.5) is 4.79 Å². The number of hydrogen-bond acceptors (Lipinski definition) is 3. The second kappa shape index (κ2) is 7.20. The molecule has 0 bridgehead atoms.